The van der Waals surface area contributed by atoms with Crippen LogP contribution in [0.3, 0.4) is 0 Å². The van der Waals surface area contributed by atoms with Gasteiger partial charge in [0.25, 0.3) is 0 Å². The van der Waals surface area contributed by atoms with E-state index < -0.39 is 10.0 Å². The molecule has 7 nitrogen and oxygen atoms in total. The summed E-state index contributed by atoms with van der Waals surface area (Å²) >= 11 is 5.95. The molecular weight excluding hydrogens is 556 g/mol. The predicted molar refractivity (Wildman–Crippen MR) is 176 cm³/mol. The molecule has 0 bridgehead atoms. The number of aromatic amines is 1. The van der Waals surface area contributed by atoms with Crippen LogP contribution in [0.15, 0.2) is 77.7 Å². The first-order valence-corrected chi connectivity index (χ1v) is 15.8. The summed E-state index contributed by atoms with van der Waals surface area (Å²) in [7, 11) is -2.31. The molecule has 1 aromatic carbocycles. The minimum atomic E-state index is -3.81. The van der Waals surface area contributed by atoms with Crippen molar-refractivity contribution in [2.75, 3.05) is 33.3 Å². The normalized spacial score (nSPS) is 17.1. The molecule has 226 valence electrons. The summed E-state index contributed by atoms with van der Waals surface area (Å²) in [6.07, 6.45) is 10.4. The fraction of sp³-hybridized carbons (Fsp3) is 0.375. The summed E-state index contributed by atoms with van der Waals surface area (Å²) in [6.45, 7) is 17.3. The van der Waals surface area contributed by atoms with Crippen molar-refractivity contribution in [2.45, 2.75) is 45.4 Å². The zero-order chi connectivity index (χ0) is 30.8. The maximum atomic E-state index is 14.0. The van der Waals surface area contributed by atoms with E-state index in [1.54, 1.807) is 22.5 Å². The van der Waals surface area contributed by atoms with Gasteiger partial charge in [0.2, 0.25) is 10.0 Å². The number of sulfonamides is 1. The Morgan fingerprint density at radius 2 is 1.93 bits per heavy atom. The highest BCUT2D eigenvalue weighted by atomic mass is 35.5. The highest BCUT2D eigenvalue weighted by Gasteiger charge is 2.33. The SMILES string of the molecule is C=C/C=C(\C)CNC(/C=C/Cl)=c1\[nH]c(C=C)c(S(=O)(=O)N2CCCC(COc3ccccc3)C2)\c1=C\C.CC.CN. The van der Waals surface area contributed by atoms with Gasteiger partial charge in [-0.1, -0.05) is 80.6 Å². The van der Waals surface area contributed by atoms with Gasteiger partial charge in [-0.2, -0.15) is 4.31 Å². The Morgan fingerprint density at radius 3 is 2.51 bits per heavy atom. The number of H-pyrrole nitrogens is 1. The van der Waals surface area contributed by atoms with E-state index in [0.29, 0.717) is 48.2 Å². The molecule has 1 aliphatic rings. The van der Waals surface area contributed by atoms with Gasteiger partial charge in [-0.05, 0) is 58.0 Å². The highest BCUT2D eigenvalue weighted by Crippen LogP contribution is 2.25. The van der Waals surface area contributed by atoms with Crippen LogP contribution in [-0.4, -0.2) is 51.0 Å². The zero-order valence-electron chi connectivity index (χ0n) is 25.1. The van der Waals surface area contributed by atoms with Crippen LogP contribution in [0.4, 0.5) is 0 Å². The monoisotopic (exact) mass is 602 g/mol. The van der Waals surface area contributed by atoms with Crippen LogP contribution in [0.25, 0.3) is 17.8 Å². The Hall–Kier alpha value is -3.04. The molecular formula is C32H47ClN4O3S. The minimum absolute atomic E-state index is 0.103. The first kappa shape index (κ1) is 36.0. The minimum Gasteiger partial charge on any atom is -0.493 e. The lowest BCUT2D eigenvalue weighted by Crippen LogP contribution is -2.43. The van der Waals surface area contributed by atoms with Crippen molar-refractivity contribution in [3.8, 4) is 5.75 Å². The van der Waals surface area contributed by atoms with E-state index in [9.17, 15) is 8.42 Å². The molecule has 1 unspecified atom stereocenters. The van der Waals surface area contributed by atoms with Crippen LogP contribution in [0, 0.1) is 5.92 Å². The summed E-state index contributed by atoms with van der Waals surface area (Å²) in [5.41, 5.74) is 8.10. The number of hydrogen-bond donors (Lipinski definition) is 3. The number of nitrogens with zero attached hydrogens (tertiary/aromatic N) is 1. The maximum absolute atomic E-state index is 14.0. The lowest BCUT2D eigenvalue weighted by atomic mass is 10.0. The van der Waals surface area contributed by atoms with Crippen molar-refractivity contribution in [2.24, 2.45) is 11.7 Å². The Balaban J connectivity index is 0.00000201. The van der Waals surface area contributed by atoms with Gasteiger partial charge in [-0.3, -0.25) is 0 Å². The van der Waals surface area contributed by atoms with Crippen molar-refractivity contribution in [3.63, 3.8) is 0 Å². The van der Waals surface area contributed by atoms with Gasteiger partial charge in [0.15, 0.2) is 0 Å². The lowest BCUT2D eigenvalue weighted by molar-refractivity contribution is 0.180. The second-order valence-corrected chi connectivity index (χ2v) is 11.1. The lowest BCUT2D eigenvalue weighted by Gasteiger charge is -2.31. The van der Waals surface area contributed by atoms with E-state index in [1.165, 1.54) is 12.6 Å². The summed E-state index contributed by atoms with van der Waals surface area (Å²) in [6, 6.07) is 9.60. The third-order valence-electron chi connectivity index (χ3n) is 6.28. The number of rotatable bonds is 11. The molecule has 0 aliphatic carbocycles. The molecule has 9 heteroatoms. The molecule has 41 heavy (non-hydrogen) atoms. The van der Waals surface area contributed by atoms with Crippen molar-refractivity contribution in [1.29, 1.82) is 0 Å². The second kappa shape index (κ2) is 19.1. The van der Waals surface area contributed by atoms with Gasteiger partial charge in [-0.25, -0.2) is 8.42 Å². The quantitative estimate of drug-likeness (QED) is 0.310. The summed E-state index contributed by atoms with van der Waals surface area (Å²) in [5.74, 6) is 0.890. The van der Waals surface area contributed by atoms with Crippen LogP contribution >= 0.6 is 11.6 Å². The third-order valence-corrected chi connectivity index (χ3v) is 8.37. The average Bonchev–Trinajstić information content (AvgIpc) is 3.40. The zero-order valence-corrected chi connectivity index (χ0v) is 26.7. The molecule has 0 amide bonds. The summed E-state index contributed by atoms with van der Waals surface area (Å²) in [4.78, 5) is 3.49. The number of ether oxygens (including phenoxy) is 1. The van der Waals surface area contributed by atoms with Gasteiger partial charge in [0, 0.05) is 36.3 Å². The first-order chi connectivity index (χ1) is 19.8. The van der Waals surface area contributed by atoms with Crippen LogP contribution in [0.5, 0.6) is 5.75 Å². The topological polar surface area (TPSA) is 100 Å². The van der Waals surface area contributed by atoms with Crippen molar-refractivity contribution in [1.82, 2.24) is 14.6 Å². The molecule has 1 saturated heterocycles. The van der Waals surface area contributed by atoms with E-state index in [2.05, 4.69) is 29.2 Å². The first-order valence-electron chi connectivity index (χ1n) is 13.9. The molecule has 1 fully saturated rings. The van der Waals surface area contributed by atoms with Crippen molar-refractivity contribution < 1.29 is 13.2 Å². The van der Waals surface area contributed by atoms with E-state index in [4.69, 9.17) is 16.3 Å². The van der Waals surface area contributed by atoms with E-state index in [-0.39, 0.29) is 10.8 Å². The molecule has 0 spiro atoms. The Bertz CT molecular complexity index is 1380. The largest absolute Gasteiger partial charge is 0.493 e. The van der Waals surface area contributed by atoms with Gasteiger partial charge in [0.1, 0.15) is 10.6 Å². The number of benzene rings is 1. The summed E-state index contributed by atoms with van der Waals surface area (Å²) in [5, 5.41) is 4.57. The van der Waals surface area contributed by atoms with Gasteiger partial charge < -0.3 is 20.8 Å². The fourth-order valence-electron chi connectivity index (χ4n) is 4.46. The third kappa shape index (κ3) is 10.1. The molecule has 3 rings (SSSR count). The standard InChI is InChI=1S/C29H36ClN3O3S.C2H6.CH5N/c1-5-12-22(4)19-31-27(16-17-30)28-25(6-2)29(26(7-3)32-28)37(34,35)33-18-11-13-23(20-33)21-36-24-14-9-8-10-15-24;2*1-2/h5-10,12,14-17,23,31-32H,1,3,11,13,18-21H2,2,4H3;1-2H3;2H2,1H3/b17-16+,22-12+,25-6+,28-27-;;. The average molecular weight is 603 g/mol. The van der Waals surface area contributed by atoms with Crippen molar-refractivity contribution in [3.05, 3.63) is 89.1 Å². The molecule has 2 heterocycles. The van der Waals surface area contributed by atoms with Crippen LogP contribution in [0.1, 0.15) is 46.2 Å². The van der Waals surface area contributed by atoms with E-state index >= 15 is 0 Å². The molecule has 4 N–H and O–H groups in total. The summed E-state index contributed by atoms with van der Waals surface area (Å²) < 4.78 is 35.5. The number of nitrogens with one attached hydrogen (secondary N) is 2. The van der Waals surface area contributed by atoms with E-state index in [1.807, 2.05) is 70.2 Å². The molecule has 0 saturated carbocycles. The number of nitrogens with two attached hydrogens (primary N) is 1. The number of allylic oxidation sites excluding steroid dienone is 2. The Kier molecular flexibility index (Phi) is 16.8. The number of hydrogen-bond acceptors (Lipinski definition) is 5. The van der Waals surface area contributed by atoms with Crippen LogP contribution < -0.4 is 26.4 Å². The van der Waals surface area contributed by atoms with Crippen LogP contribution in [0.2, 0.25) is 0 Å². The Labute approximate surface area is 251 Å². The van der Waals surface area contributed by atoms with Crippen LogP contribution in [-0.2, 0) is 10.0 Å². The molecule has 1 aliphatic heterocycles. The van der Waals surface area contributed by atoms with E-state index in [0.717, 1.165) is 24.2 Å². The fourth-order valence-corrected chi connectivity index (χ4v) is 6.53. The van der Waals surface area contributed by atoms with Gasteiger partial charge in [-0.15, -0.1) is 0 Å². The van der Waals surface area contributed by atoms with Gasteiger partial charge >= 0.3 is 0 Å². The molecule has 1 atom stereocenters. The molecule has 2 aromatic rings. The Morgan fingerprint density at radius 1 is 1.24 bits per heavy atom. The molecule has 0 radical (unpaired) electrons. The number of piperidine rings is 1. The smallest absolute Gasteiger partial charge is 0.245 e. The number of para-hydroxylation sites is 1. The number of aromatic nitrogens is 1. The number of halogens is 1. The maximum Gasteiger partial charge on any atom is 0.245 e. The van der Waals surface area contributed by atoms with Crippen molar-refractivity contribution >= 4 is 39.5 Å². The highest BCUT2D eigenvalue weighted by molar-refractivity contribution is 7.89. The predicted octanol–water partition coefficient (Wildman–Crippen LogP) is 5.12. The molecule has 1 aromatic heterocycles. The second-order valence-electron chi connectivity index (χ2n) is 8.95. The van der Waals surface area contributed by atoms with Gasteiger partial charge in [0.05, 0.1) is 23.3 Å².